The van der Waals surface area contributed by atoms with E-state index in [0.717, 1.165) is 29.9 Å². The lowest BCUT2D eigenvalue weighted by molar-refractivity contribution is -0.117. The molecule has 26 heavy (non-hydrogen) atoms. The average molecular weight is 350 g/mol. The van der Waals surface area contributed by atoms with Gasteiger partial charge in [0.25, 0.3) is 0 Å². The van der Waals surface area contributed by atoms with Gasteiger partial charge in [-0.1, -0.05) is 18.2 Å². The van der Waals surface area contributed by atoms with Gasteiger partial charge in [-0.15, -0.1) is 0 Å². The molecule has 0 radical (unpaired) electrons. The molecule has 0 bridgehead atoms. The van der Waals surface area contributed by atoms with Crippen LogP contribution in [0.5, 0.6) is 0 Å². The first kappa shape index (κ1) is 16.6. The van der Waals surface area contributed by atoms with E-state index < -0.39 is 0 Å². The molecule has 134 valence electrons. The van der Waals surface area contributed by atoms with Crippen LogP contribution in [-0.4, -0.2) is 31.7 Å². The third-order valence-electron chi connectivity index (χ3n) is 5.26. The number of aryl methyl sites for hydroxylation is 2. The lowest BCUT2D eigenvalue weighted by atomic mass is 10.0. The maximum absolute atomic E-state index is 12.8. The van der Waals surface area contributed by atoms with Crippen LogP contribution >= 0.6 is 0 Å². The second-order valence-electron chi connectivity index (χ2n) is 6.97. The summed E-state index contributed by atoms with van der Waals surface area (Å²) in [4.78, 5) is 27.9. The molecular formula is C21H22N2O3. The normalized spacial score (nSPS) is 16.0. The highest BCUT2D eigenvalue weighted by Gasteiger charge is 2.26. The molecule has 2 aliphatic heterocycles. The predicted octanol–water partition coefficient (Wildman–Crippen LogP) is 3.39. The van der Waals surface area contributed by atoms with Crippen LogP contribution in [0, 0.1) is 13.8 Å². The molecule has 4 rings (SSSR count). The molecule has 0 aliphatic carbocycles. The standard InChI is InChI=1S/C21H22N2O3/c1-14-11-17-7-8-23(19(17)12-15(14)2)20(24)13-16-3-5-18(6-4-16)22-9-10-26-21(22)25/h3-6,11-12H,7-10,13H2,1-2H3. The van der Waals surface area contributed by atoms with Crippen molar-refractivity contribution < 1.29 is 14.3 Å². The number of carbonyl (C=O) groups excluding carboxylic acids is 2. The van der Waals surface area contributed by atoms with Crippen molar-refractivity contribution in [2.75, 3.05) is 29.5 Å². The Hall–Kier alpha value is -2.82. The molecule has 0 aromatic heterocycles. The van der Waals surface area contributed by atoms with Gasteiger partial charge in [-0.25, -0.2) is 4.79 Å². The summed E-state index contributed by atoms with van der Waals surface area (Å²) >= 11 is 0. The highest BCUT2D eigenvalue weighted by atomic mass is 16.6. The molecule has 2 aromatic carbocycles. The van der Waals surface area contributed by atoms with Crippen LogP contribution in [0.2, 0.25) is 0 Å². The molecule has 5 heteroatoms. The molecule has 0 N–H and O–H groups in total. The molecule has 0 atom stereocenters. The summed E-state index contributed by atoms with van der Waals surface area (Å²) in [5, 5.41) is 0. The third kappa shape index (κ3) is 2.94. The van der Waals surface area contributed by atoms with Crippen LogP contribution in [0.4, 0.5) is 16.2 Å². The summed E-state index contributed by atoms with van der Waals surface area (Å²) < 4.78 is 4.96. The summed E-state index contributed by atoms with van der Waals surface area (Å²) in [7, 11) is 0. The first-order chi connectivity index (χ1) is 12.5. The van der Waals surface area contributed by atoms with Gasteiger partial charge in [-0.05, 0) is 60.7 Å². The van der Waals surface area contributed by atoms with Crippen LogP contribution in [0.25, 0.3) is 0 Å². The van der Waals surface area contributed by atoms with Gasteiger partial charge < -0.3 is 9.64 Å². The van der Waals surface area contributed by atoms with Crippen molar-refractivity contribution in [1.82, 2.24) is 0 Å². The fourth-order valence-electron chi connectivity index (χ4n) is 3.62. The Morgan fingerprint density at radius 2 is 1.81 bits per heavy atom. The van der Waals surface area contributed by atoms with Gasteiger partial charge in [-0.3, -0.25) is 9.69 Å². The van der Waals surface area contributed by atoms with Gasteiger partial charge in [-0.2, -0.15) is 0 Å². The smallest absolute Gasteiger partial charge is 0.414 e. The van der Waals surface area contributed by atoms with Crippen LogP contribution < -0.4 is 9.80 Å². The molecule has 2 amide bonds. The fourth-order valence-corrected chi connectivity index (χ4v) is 3.62. The Balaban J connectivity index is 1.48. The van der Waals surface area contributed by atoms with Crippen molar-refractivity contribution in [1.29, 1.82) is 0 Å². The Kier molecular flexibility index (Phi) is 4.15. The maximum atomic E-state index is 12.8. The summed E-state index contributed by atoms with van der Waals surface area (Å²) in [6, 6.07) is 11.9. The Labute approximate surface area is 153 Å². The zero-order chi connectivity index (χ0) is 18.3. The number of hydrogen-bond acceptors (Lipinski definition) is 3. The topological polar surface area (TPSA) is 49.9 Å². The number of cyclic esters (lactones) is 1. The van der Waals surface area contributed by atoms with E-state index in [0.29, 0.717) is 19.6 Å². The van der Waals surface area contributed by atoms with Crippen LogP contribution in [0.15, 0.2) is 36.4 Å². The number of nitrogens with zero attached hydrogens (tertiary/aromatic N) is 2. The second kappa shape index (κ2) is 6.48. The SMILES string of the molecule is Cc1cc2c(cc1C)N(C(=O)Cc1ccc(N3CCOC3=O)cc1)CC2. The minimum atomic E-state index is -0.312. The first-order valence-electron chi connectivity index (χ1n) is 8.96. The molecule has 5 nitrogen and oxygen atoms in total. The van der Waals surface area contributed by atoms with Gasteiger partial charge in [0.1, 0.15) is 6.61 Å². The van der Waals surface area contributed by atoms with Crippen molar-refractivity contribution >= 4 is 23.4 Å². The Morgan fingerprint density at radius 3 is 2.50 bits per heavy atom. The molecule has 2 heterocycles. The van der Waals surface area contributed by atoms with E-state index in [-0.39, 0.29) is 12.0 Å². The van der Waals surface area contributed by atoms with Gasteiger partial charge in [0.15, 0.2) is 0 Å². The predicted molar refractivity (Wildman–Crippen MR) is 101 cm³/mol. The van der Waals surface area contributed by atoms with Crippen molar-refractivity contribution in [2.45, 2.75) is 26.7 Å². The number of ether oxygens (including phenoxy) is 1. The summed E-state index contributed by atoms with van der Waals surface area (Å²) in [6.07, 6.45) is 0.961. The summed E-state index contributed by atoms with van der Waals surface area (Å²) in [5.41, 5.74) is 6.54. The van der Waals surface area contributed by atoms with Crippen LogP contribution in [0.1, 0.15) is 22.3 Å². The van der Waals surface area contributed by atoms with Crippen molar-refractivity contribution in [2.24, 2.45) is 0 Å². The molecular weight excluding hydrogens is 328 g/mol. The van der Waals surface area contributed by atoms with E-state index in [4.69, 9.17) is 4.74 Å². The minimum Gasteiger partial charge on any atom is -0.447 e. The number of fused-ring (bicyclic) bond motifs is 1. The average Bonchev–Trinajstić information content (AvgIpc) is 3.22. The highest BCUT2D eigenvalue weighted by molar-refractivity contribution is 5.97. The van der Waals surface area contributed by atoms with Crippen molar-refractivity contribution in [3.63, 3.8) is 0 Å². The van der Waals surface area contributed by atoms with E-state index in [1.807, 2.05) is 29.2 Å². The quantitative estimate of drug-likeness (QED) is 0.852. The van der Waals surface area contributed by atoms with Gasteiger partial charge >= 0.3 is 6.09 Å². The lowest BCUT2D eigenvalue weighted by Crippen LogP contribution is -2.30. The Bertz CT molecular complexity index is 874. The molecule has 2 aliphatic rings. The number of amides is 2. The van der Waals surface area contributed by atoms with Gasteiger partial charge in [0.2, 0.25) is 5.91 Å². The van der Waals surface area contributed by atoms with Crippen molar-refractivity contribution in [3.8, 4) is 0 Å². The number of benzene rings is 2. The number of rotatable bonds is 3. The summed E-state index contributed by atoms with van der Waals surface area (Å²) in [6.45, 7) is 5.93. The van der Waals surface area contributed by atoms with Crippen LogP contribution in [-0.2, 0) is 22.4 Å². The monoisotopic (exact) mass is 350 g/mol. The number of carbonyl (C=O) groups is 2. The fraction of sp³-hybridized carbons (Fsp3) is 0.333. The van der Waals surface area contributed by atoms with Gasteiger partial charge in [0, 0.05) is 17.9 Å². The molecule has 0 spiro atoms. The molecule has 2 aromatic rings. The maximum Gasteiger partial charge on any atom is 0.414 e. The summed E-state index contributed by atoms with van der Waals surface area (Å²) in [5.74, 6) is 0.111. The minimum absolute atomic E-state index is 0.111. The zero-order valence-electron chi connectivity index (χ0n) is 15.1. The molecule has 0 unspecified atom stereocenters. The second-order valence-corrected chi connectivity index (χ2v) is 6.97. The number of anilines is 2. The van der Waals surface area contributed by atoms with E-state index in [9.17, 15) is 9.59 Å². The highest BCUT2D eigenvalue weighted by Crippen LogP contribution is 2.31. The number of hydrogen-bond donors (Lipinski definition) is 0. The van der Waals surface area contributed by atoms with E-state index in [1.54, 1.807) is 4.90 Å². The molecule has 0 saturated carbocycles. The third-order valence-corrected chi connectivity index (χ3v) is 5.26. The lowest BCUT2D eigenvalue weighted by Gasteiger charge is -2.19. The molecule has 1 saturated heterocycles. The van der Waals surface area contributed by atoms with E-state index in [1.165, 1.54) is 16.7 Å². The van der Waals surface area contributed by atoms with Crippen molar-refractivity contribution in [3.05, 3.63) is 58.7 Å². The van der Waals surface area contributed by atoms with Crippen LogP contribution in [0.3, 0.4) is 0 Å². The van der Waals surface area contributed by atoms with E-state index in [2.05, 4.69) is 26.0 Å². The largest absolute Gasteiger partial charge is 0.447 e. The molecule has 1 fully saturated rings. The zero-order valence-corrected chi connectivity index (χ0v) is 15.1. The first-order valence-corrected chi connectivity index (χ1v) is 8.96. The van der Waals surface area contributed by atoms with Gasteiger partial charge in [0.05, 0.1) is 13.0 Å². The Morgan fingerprint density at radius 1 is 1.08 bits per heavy atom. The van der Waals surface area contributed by atoms with E-state index >= 15 is 0 Å².